The van der Waals surface area contributed by atoms with Gasteiger partial charge in [-0.3, -0.25) is 14.6 Å². The summed E-state index contributed by atoms with van der Waals surface area (Å²) < 4.78 is 0. The van der Waals surface area contributed by atoms with Gasteiger partial charge in [-0.2, -0.15) is 0 Å². The number of halogens is 1. The van der Waals surface area contributed by atoms with E-state index in [2.05, 4.69) is 46.6 Å². The minimum Gasteiger partial charge on any atom is -0.354 e. The highest BCUT2D eigenvalue weighted by atomic mass is 127. The molecule has 1 fully saturated rings. The Morgan fingerprint density at radius 3 is 2.53 bits per heavy atom. The second-order valence-electron chi connectivity index (χ2n) is 7.91. The molecule has 1 aromatic rings. The van der Waals surface area contributed by atoms with E-state index in [1.807, 2.05) is 24.3 Å². The van der Waals surface area contributed by atoms with Gasteiger partial charge in [0, 0.05) is 38.3 Å². The van der Waals surface area contributed by atoms with Gasteiger partial charge in [-0.05, 0) is 57.1 Å². The third kappa shape index (κ3) is 9.32. The first-order chi connectivity index (χ1) is 15.0. The van der Waals surface area contributed by atoms with Crippen LogP contribution in [0.4, 0.5) is 0 Å². The minimum atomic E-state index is -0.110. The Morgan fingerprint density at radius 1 is 1.25 bits per heavy atom. The van der Waals surface area contributed by atoms with Crippen molar-refractivity contribution in [3.05, 3.63) is 35.4 Å². The van der Waals surface area contributed by atoms with Gasteiger partial charge in [0.2, 0.25) is 5.91 Å². The maximum absolute atomic E-state index is 12.6. The van der Waals surface area contributed by atoms with Crippen LogP contribution in [0.2, 0.25) is 0 Å². The van der Waals surface area contributed by atoms with Crippen LogP contribution in [-0.4, -0.2) is 79.9 Å². The number of benzene rings is 1. The Bertz CT molecular complexity index is 737. The van der Waals surface area contributed by atoms with Gasteiger partial charge in [-0.25, -0.2) is 0 Å². The van der Waals surface area contributed by atoms with Crippen LogP contribution >= 0.6 is 24.0 Å². The monoisotopic (exact) mass is 558 g/mol. The number of carbonyl (C=O) groups is 2. The van der Waals surface area contributed by atoms with E-state index in [0.29, 0.717) is 31.2 Å². The topological polar surface area (TPSA) is 89.1 Å². The Morgan fingerprint density at radius 2 is 1.94 bits per heavy atom. The lowest BCUT2D eigenvalue weighted by molar-refractivity contribution is -0.123. The van der Waals surface area contributed by atoms with Crippen LogP contribution in [0.1, 0.15) is 49.5 Å². The highest BCUT2D eigenvalue weighted by Gasteiger charge is 2.22. The van der Waals surface area contributed by atoms with Gasteiger partial charge in [0.25, 0.3) is 5.91 Å². The number of nitrogens with one attached hydrogen (secondary N) is 3. The van der Waals surface area contributed by atoms with Gasteiger partial charge in [-0.15, -0.1) is 24.0 Å². The molecule has 1 aliphatic heterocycles. The van der Waals surface area contributed by atoms with E-state index in [1.165, 1.54) is 0 Å². The van der Waals surface area contributed by atoms with Crippen LogP contribution in [-0.2, 0) is 11.3 Å². The van der Waals surface area contributed by atoms with Crippen molar-refractivity contribution in [1.82, 2.24) is 25.8 Å². The first kappa shape index (κ1) is 28.2. The molecule has 2 rings (SSSR count). The number of hydrogen-bond donors (Lipinski definition) is 3. The number of guanidine groups is 1. The van der Waals surface area contributed by atoms with Crippen LogP contribution in [0.15, 0.2) is 29.3 Å². The van der Waals surface area contributed by atoms with Gasteiger partial charge in [-0.1, -0.05) is 26.0 Å². The zero-order valence-electron chi connectivity index (χ0n) is 19.8. The van der Waals surface area contributed by atoms with Crippen molar-refractivity contribution in [3.8, 4) is 0 Å². The molecule has 1 unspecified atom stereocenters. The van der Waals surface area contributed by atoms with Crippen LogP contribution < -0.4 is 16.0 Å². The lowest BCUT2D eigenvalue weighted by Crippen LogP contribution is -2.49. The molecule has 1 heterocycles. The second kappa shape index (κ2) is 15.0. The van der Waals surface area contributed by atoms with Gasteiger partial charge in [0.1, 0.15) is 0 Å². The number of carbonyl (C=O) groups excluding carboxylic acids is 2. The van der Waals surface area contributed by atoms with Gasteiger partial charge < -0.3 is 25.8 Å². The van der Waals surface area contributed by atoms with Crippen molar-refractivity contribution in [2.75, 3.05) is 46.3 Å². The number of rotatable bonds is 10. The average Bonchev–Trinajstić information content (AvgIpc) is 2.79. The fourth-order valence-electron chi connectivity index (χ4n) is 3.61. The Hall–Kier alpha value is -1.88. The average molecular weight is 559 g/mol. The van der Waals surface area contributed by atoms with E-state index in [9.17, 15) is 9.59 Å². The maximum Gasteiger partial charge on any atom is 0.254 e. The van der Waals surface area contributed by atoms with Crippen LogP contribution in [0.3, 0.4) is 0 Å². The second-order valence-corrected chi connectivity index (χ2v) is 7.91. The number of hydrogen-bond acceptors (Lipinski definition) is 4. The summed E-state index contributed by atoms with van der Waals surface area (Å²) in [6.07, 6.45) is 2.24. The van der Waals surface area contributed by atoms with E-state index in [4.69, 9.17) is 0 Å². The van der Waals surface area contributed by atoms with E-state index >= 15 is 0 Å². The molecule has 0 bridgehead atoms. The molecule has 180 valence electrons. The summed E-state index contributed by atoms with van der Waals surface area (Å²) in [4.78, 5) is 32.4. The predicted octanol–water partition coefficient (Wildman–Crippen LogP) is 2.05. The summed E-state index contributed by atoms with van der Waals surface area (Å²) in [5, 5.41) is 9.52. The molecule has 8 nitrogen and oxygen atoms in total. The molecular formula is C23H39IN6O2. The smallest absolute Gasteiger partial charge is 0.254 e. The Balaban J connectivity index is 0.00000512. The molecule has 1 aromatic carbocycles. The van der Waals surface area contributed by atoms with Crippen LogP contribution in [0, 0.1) is 0 Å². The van der Waals surface area contributed by atoms with E-state index in [1.54, 1.807) is 11.9 Å². The molecule has 0 spiro atoms. The summed E-state index contributed by atoms with van der Waals surface area (Å²) in [5.74, 6) is 0.557. The van der Waals surface area contributed by atoms with Crippen LogP contribution in [0.25, 0.3) is 0 Å². The SMILES string of the molecule is CCN(CC)CCCC(C)NC(=NC)NCc1ccc(C(=O)N2CCNC(=O)C2)cc1.I. The first-order valence-corrected chi connectivity index (χ1v) is 11.3. The molecule has 1 atom stereocenters. The standard InChI is InChI=1S/C23H38N6O2.HI/c1-5-28(6-2)14-7-8-18(3)27-23(24-4)26-16-19-9-11-20(12-10-19)22(31)29-15-13-25-21(30)17-29;/h9-12,18H,5-8,13-17H2,1-4H3,(H,25,30)(H2,24,26,27);1H. The third-order valence-electron chi connectivity index (χ3n) is 5.60. The molecular weight excluding hydrogens is 519 g/mol. The highest BCUT2D eigenvalue weighted by Crippen LogP contribution is 2.09. The lowest BCUT2D eigenvalue weighted by Gasteiger charge is -2.26. The minimum absolute atomic E-state index is 0. The molecule has 2 amide bonds. The van der Waals surface area contributed by atoms with E-state index in [-0.39, 0.29) is 42.3 Å². The van der Waals surface area contributed by atoms with Crippen molar-refractivity contribution < 1.29 is 9.59 Å². The molecule has 3 N–H and O–H groups in total. The molecule has 0 aromatic heterocycles. The zero-order chi connectivity index (χ0) is 22.6. The Kier molecular flexibility index (Phi) is 13.2. The van der Waals surface area contributed by atoms with Crippen LogP contribution in [0.5, 0.6) is 0 Å². The number of nitrogens with zero attached hydrogens (tertiary/aromatic N) is 3. The van der Waals surface area contributed by atoms with Gasteiger partial charge in [0.05, 0.1) is 6.54 Å². The number of piperazine rings is 1. The van der Waals surface area contributed by atoms with Crippen molar-refractivity contribution in [1.29, 1.82) is 0 Å². The van der Waals surface area contributed by atoms with Crippen molar-refractivity contribution in [3.63, 3.8) is 0 Å². The maximum atomic E-state index is 12.6. The molecule has 0 aliphatic carbocycles. The van der Waals surface area contributed by atoms with E-state index < -0.39 is 0 Å². The van der Waals surface area contributed by atoms with Gasteiger partial charge in [0.15, 0.2) is 5.96 Å². The largest absolute Gasteiger partial charge is 0.354 e. The summed E-state index contributed by atoms with van der Waals surface area (Å²) in [5.41, 5.74) is 1.66. The summed E-state index contributed by atoms with van der Waals surface area (Å²) >= 11 is 0. The molecule has 0 radical (unpaired) electrons. The summed E-state index contributed by atoms with van der Waals surface area (Å²) in [6.45, 7) is 11.7. The first-order valence-electron chi connectivity index (χ1n) is 11.3. The number of aliphatic imine (C=N–C) groups is 1. The van der Waals surface area contributed by atoms with Crippen molar-refractivity contribution in [2.24, 2.45) is 4.99 Å². The zero-order valence-corrected chi connectivity index (χ0v) is 22.1. The van der Waals surface area contributed by atoms with Gasteiger partial charge >= 0.3 is 0 Å². The Labute approximate surface area is 209 Å². The normalized spacial score (nSPS) is 15.1. The fraction of sp³-hybridized carbons (Fsp3) is 0.609. The van der Waals surface area contributed by atoms with Crippen molar-refractivity contribution in [2.45, 2.75) is 46.2 Å². The summed E-state index contributed by atoms with van der Waals surface area (Å²) in [6, 6.07) is 7.84. The quantitative estimate of drug-likeness (QED) is 0.233. The molecule has 9 heteroatoms. The third-order valence-corrected chi connectivity index (χ3v) is 5.60. The van der Waals surface area contributed by atoms with Crippen molar-refractivity contribution >= 4 is 41.8 Å². The lowest BCUT2D eigenvalue weighted by atomic mass is 10.1. The molecule has 32 heavy (non-hydrogen) atoms. The fourth-order valence-corrected chi connectivity index (χ4v) is 3.61. The number of amides is 2. The molecule has 0 saturated carbocycles. The van der Waals surface area contributed by atoms with E-state index in [0.717, 1.165) is 44.0 Å². The predicted molar refractivity (Wildman–Crippen MR) is 141 cm³/mol. The molecule has 1 aliphatic rings. The summed E-state index contributed by atoms with van der Waals surface area (Å²) in [7, 11) is 1.77. The molecule has 1 saturated heterocycles. The highest BCUT2D eigenvalue weighted by molar-refractivity contribution is 14.0.